The lowest BCUT2D eigenvalue weighted by Gasteiger charge is -2.22. The van der Waals surface area contributed by atoms with E-state index in [2.05, 4.69) is 44.3 Å². The number of hydrogen-bond donors (Lipinski definition) is 1. The largest absolute Gasteiger partial charge is 0.484 e. The van der Waals surface area contributed by atoms with Crippen LogP contribution in [-0.2, 0) is 16.1 Å². The fraction of sp³-hybridized carbons (Fsp3) is 0.185. The van der Waals surface area contributed by atoms with Crippen LogP contribution in [-0.4, -0.2) is 38.1 Å². The van der Waals surface area contributed by atoms with Crippen LogP contribution in [0.5, 0.6) is 5.75 Å². The molecule has 0 saturated carbocycles. The first-order valence-electron chi connectivity index (χ1n) is 11.5. The third-order valence-corrected chi connectivity index (χ3v) is 7.55. The maximum Gasteiger partial charge on any atom is 0.231 e. The van der Waals surface area contributed by atoms with Crippen molar-refractivity contribution in [2.45, 2.75) is 29.6 Å². The quantitative estimate of drug-likeness (QED) is 0.341. The Morgan fingerprint density at radius 1 is 1.06 bits per heavy atom. The summed E-state index contributed by atoms with van der Waals surface area (Å²) in [6, 6.07) is 25.9. The number of benzene rings is 3. The van der Waals surface area contributed by atoms with E-state index in [-0.39, 0.29) is 29.4 Å². The summed E-state index contributed by atoms with van der Waals surface area (Å²) in [7, 11) is 0. The van der Waals surface area contributed by atoms with Gasteiger partial charge < -0.3 is 10.1 Å². The van der Waals surface area contributed by atoms with Crippen molar-refractivity contribution in [2.24, 2.45) is 0 Å². The third kappa shape index (κ3) is 5.47. The minimum atomic E-state index is -0.110. The number of fused-ring (bicyclic) bond motifs is 1. The molecule has 5 rings (SSSR count). The van der Waals surface area contributed by atoms with Crippen molar-refractivity contribution < 1.29 is 14.3 Å². The van der Waals surface area contributed by atoms with Crippen LogP contribution in [0.1, 0.15) is 28.6 Å². The third-order valence-electron chi connectivity index (χ3n) is 5.72. The molecule has 0 aliphatic carbocycles. The van der Waals surface area contributed by atoms with Crippen LogP contribution in [0.2, 0.25) is 0 Å². The van der Waals surface area contributed by atoms with Gasteiger partial charge in [0.25, 0.3) is 0 Å². The van der Waals surface area contributed by atoms with E-state index in [0.29, 0.717) is 17.5 Å². The van der Waals surface area contributed by atoms with Gasteiger partial charge in [-0.05, 0) is 47.5 Å². The van der Waals surface area contributed by atoms with Gasteiger partial charge >= 0.3 is 0 Å². The molecular weight excluding hydrogens is 492 g/mol. The highest BCUT2D eigenvalue weighted by Gasteiger charge is 2.23. The van der Waals surface area contributed by atoms with E-state index in [0.717, 1.165) is 27.4 Å². The molecule has 1 aliphatic rings. The molecule has 0 radical (unpaired) electrons. The highest BCUT2D eigenvalue weighted by atomic mass is 32.2. The molecule has 36 heavy (non-hydrogen) atoms. The normalized spacial score (nSPS) is 12.8. The van der Waals surface area contributed by atoms with E-state index in [9.17, 15) is 9.59 Å². The van der Waals surface area contributed by atoms with Crippen molar-refractivity contribution in [3.8, 4) is 5.75 Å². The molecule has 1 amide bonds. The van der Waals surface area contributed by atoms with Gasteiger partial charge in [0.1, 0.15) is 11.6 Å². The zero-order valence-corrected chi connectivity index (χ0v) is 21.2. The Balaban J connectivity index is 1.28. The van der Waals surface area contributed by atoms with Crippen LogP contribution >= 0.6 is 23.5 Å². The monoisotopic (exact) mass is 516 g/mol. The fourth-order valence-electron chi connectivity index (χ4n) is 4.04. The zero-order chi connectivity index (χ0) is 24.9. The van der Waals surface area contributed by atoms with Gasteiger partial charge in [-0.1, -0.05) is 78.5 Å². The molecule has 182 valence electrons. The van der Waals surface area contributed by atoms with Gasteiger partial charge in [0.15, 0.2) is 11.8 Å². The van der Waals surface area contributed by atoms with Gasteiger partial charge in [0.2, 0.25) is 11.0 Å². The van der Waals surface area contributed by atoms with Gasteiger partial charge in [0, 0.05) is 6.54 Å². The summed E-state index contributed by atoms with van der Waals surface area (Å²) in [4.78, 5) is 25.1. The highest BCUT2D eigenvalue weighted by Crippen LogP contribution is 2.35. The van der Waals surface area contributed by atoms with Crippen LogP contribution in [0.15, 0.2) is 88.9 Å². The Labute approximate surface area is 217 Å². The Morgan fingerprint density at radius 2 is 1.75 bits per heavy atom. The number of nitrogens with one attached hydrogen (secondary N) is 1. The van der Waals surface area contributed by atoms with E-state index in [4.69, 9.17) is 4.74 Å². The summed E-state index contributed by atoms with van der Waals surface area (Å²) in [5.41, 5.74) is 3.14. The molecule has 7 nitrogen and oxygen atoms in total. The standard InChI is InChI=1S/C27H24N4O3S2/c1-18-29-30-27(31(18)26(20-8-4-2-5-9-20)21-10-6-3-7-11-21)35-17-24(32)28-15-19-12-13-22-23(14-19)36-25(33)16-34-22/h2-14,26H,15-17H2,1H3,(H,28,32). The number of carbonyl (C=O) groups excluding carboxylic acids is 2. The lowest BCUT2D eigenvalue weighted by atomic mass is 9.98. The number of aromatic nitrogens is 3. The Bertz CT molecular complexity index is 1340. The topological polar surface area (TPSA) is 86.1 Å². The molecule has 0 spiro atoms. The molecule has 2 heterocycles. The van der Waals surface area contributed by atoms with Crippen molar-refractivity contribution in [1.82, 2.24) is 20.1 Å². The van der Waals surface area contributed by atoms with Crippen LogP contribution in [0, 0.1) is 6.92 Å². The Morgan fingerprint density at radius 3 is 2.44 bits per heavy atom. The van der Waals surface area contributed by atoms with Crippen molar-refractivity contribution in [3.05, 3.63) is 101 Å². The minimum absolute atomic E-state index is 0.0243. The van der Waals surface area contributed by atoms with Gasteiger partial charge in [-0.2, -0.15) is 0 Å². The number of aryl methyl sites for hydroxylation is 1. The number of hydrogen-bond acceptors (Lipinski definition) is 7. The van der Waals surface area contributed by atoms with E-state index in [1.165, 1.54) is 23.5 Å². The Kier molecular flexibility index (Phi) is 7.39. The second-order valence-electron chi connectivity index (χ2n) is 8.23. The van der Waals surface area contributed by atoms with Crippen molar-refractivity contribution >= 4 is 34.5 Å². The first-order valence-corrected chi connectivity index (χ1v) is 13.3. The minimum Gasteiger partial charge on any atom is -0.484 e. The molecule has 0 bridgehead atoms. The van der Waals surface area contributed by atoms with Crippen LogP contribution in [0.25, 0.3) is 0 Å². The predicted octanol–water partition coefficient (Wildman–Crippen LogP) is 4.64. The Hall–Kier alpha value is -3.56. The van der Waals surface area contributed by atoms with Crippen LogP contribution in [0.3, 0.4) is 0 Å². The molecule has 1 N–H and O–H groups in total. The van der Waals surface area contributed by atoms with Crippen molar-refractivity contribution in [1.29, 1.82) is 0 Å². The second kappa shape index (κ2) is 11.0. The molecule has 0 saturated heterocycles. The summed E-state index contributed by atoms with van der Waals surface area (Å²) < 4.78 is 7.51. The average molecular weight is 517 g/mol. The summed E-state index contributed by atoms with van der Waals surface area (Å²) >= 11 is 2.53. The molecule has 3 aromatic carbocycles. The molecule has 0 fully saturated rings. The van der Waals surface area contributed by atoms with E-state index in [1.807, 2.05) is 61.5 Å². The number of rotatable bonds is 8. The van der Waals surface area contributed by atoms with Crippen LogP contribution in [0.4, 0.5) is 0 Å². The number of thioether (sulfide) groups is 2. The molecule has 9 heteroatoms. The smallest absolute Gasteiger partial charge is 0.231 e. The van der Waals surface area contributed by atoms with Gasteiger partial charge in [-0.15, -0.1) is 10.2 Å². The second-order valence-corrected chi connectivity index (χ2v) is 10.3. The lowest BCUT2D eigenvalue weighted by molar-refractivity contribution is -0.118. The predicted molar refractivity (Wildman–Crippen MR) is 140 cm³/mol. The highest BCUT2D eigenvalue weighted by molar-refractivity contribution is 8.13. The van der Waals surface area contributed by atoms with Gasteiger partial charge in [0.05, 0.1) is 16.7 Å². The lowest BCUT2D eigenvalue weighted by Crippen LogP contribution is -2.25. The summed E-state index contributed by atoms with van der Waals surface area (Å²) in [6.45, 7) is 2.38. The molecule has 0 atom stereocenters. The summed E-state index contributed by atoms with van der Waals surface area (Å²) in [6.07, 6.45) is 0. The van der Waals surface area contributed by atoms with Crippen molar-refractivity contribution in [2.75, 3.05) is 12.4 Å². The van der Waals surface area contributed by atoms with Gasteiger partial charge in [-0.25, -0.2) is 0 Å². The number of amides is 1. The van der Waals surface area contributed by atoms with Crippen molar-refractivity contribution in [3.63, 3.8) is 0 Å². The SMILES string of the molecule is Cc1nnc(SCC(=O)NCc2ccc3c(c2)SC(=O)CO3)n1C(c1ccccc1)c1ccccc1. The summed E-state index contributed by atoms with van der Waals surface area (Å²) in [5, 5.41) is 12.3. The van der Waals surface area contributed by atoms with Gasteiger partial charge in [-0.3, -0.25) is 14.2 Å². The van der Waals surface area contributed by atoms with E-state index < -0.39 is 0 Å². The number of nitrogens with zero attached hydrogens (tertiary/aromatic N) is 3. The zero-order valence-electron chi connectivity index (χ0n) is 19.6. The molecule has 1 aromatic heterocycles. The molecular formula is C27H24N4O3S2. The molecule has 1 aliphatic heterocycles. The molecule has 4 aromatic rings. The average Bonchev–Trinajstić information content (AvgIpc) is 3.27. The van der Waals surface area contributed by atoms with E-state index in [1.54, 1.807) is 0 Å². The number of carbonyl (C=O) groups is 2. The fourth-order valence-corrected chi connectivity index (χ4v) is 5.68. The first-order chi connectivity index (χ1) is 17.6. The van der Waals surface area contributed by atoms with Crippen LogP contribution < -0.4 is 10.1 Å². The number of ether oxygens (including phenoxy) is 1. The maximum atomic E-state index is 12.7. The maximum absolute atomic E-state index is 12.7. The molecule has 0 unspecified atom stereocenters. The summed E-state index contributed by atoms with van der Waals surface area (Å²) in [5.74, 6) is 1.57. The first kappa shape index (κ1) is 24.1. The van der Waals surface area contributed by atoms with E-state index >= 15 is 0 Å².